The highest BCUT2D eigenvalue weighted by Gasteiger charge is 2.44. The summed E-state index contributed by atoms with van der Waals surface area (Å²) in [5.74, 6) is -1.36. The summed E-state index contributed by atoms with van der Waals surface area (Å²) in [6, 6.07) is 2.73. The molecule has 0 heterocycles. The van der Waals surface area contributed by atoms with Crippen molar-refractivity contribution in [2.45, 2.75) is 450 Å². The Labute approximate surface area is 749 Å². The minimum absolute atomic E-state index is 0.332. The van der Waals surface area contributed by atoms with E-state index in [0.717, 1.165) is 135 Å². The van der Waals surface area contributed by atoms with Crippen molar-refractivity contribution in [3.63, 3.8) is 0 Å². The van der Waals surface area contributed by atoms with Crippen molar-refractivity contribution in [1.29, 1.82) is 0 Å². The zero-order valence-corrected chi connectivity index (χ0v) is 85.8. The minimum Gasteiger partial charge on any atom is -0.462 e. The van der Waals surface area contributed by atoms with Crippen LogP contribution in [0, 0.1) is 0 Å². The summed E-state index contributed by atoms with van der Waals surface area (Å²) in [7, 11) is -11.1. The average Bonchev–Trinajstić information content (AvgIpc) is 0.887. The highest BCUT2D eigenvalue weighted by Crippen LogP contribution is 2.27. The first kappa shape index (κ1) is 125. The van der Waals surface area contributed by atoms with Crippen LogP contribution in [0.1, 0.15) is 425 Å². The predicted octanol–water partition coefficient (Wildman–Crippen LogP) is 27.7. The molecule has 0 aliphatic rings. The van der Waals surface area contributed by atoms with Gasteiger partial charge in [-0.2, -0.15) is 0 Å². The third-order valence-electron chi connectivity index (χ3n) is 19.9. The molecule has 0 amide bonds. The molecule has 20 nitrogen and oxygen atoms in total. The molecule has 0 saturated carbocycles. The van der Waals surface area contributed by atoms with Gasteiger partial charge in [0.1, 0.15) is 0 Å². The van der Waals surface area contributed by atoms with Gasteiger partial charge in [0, 0.05) is 126 Å². The molecule has 0 aromatic rings. The lowest BCUT2D eigenvalue weighted by molar-refractivity contribution is -0.139. The maximum Gasteiger partial charge on any atom is 0.501 e. The molecule has 121 heavy (non-hydrogen) atoms. The van der Waals surface area contributed by atoms with Crippen LogP contribution in [0.4, 0.5) is 0 Å². The highest BCUT2D eigenvalue weighted by molar-refractivity contribution is 6.62. The number of carbonyl (C=O) groups is 4. The van der Waals surface area contributed by atoms with Crippen LogP contribution in [-0.2, 0) is 91.2 Å². The maximum absolute atomic E-state index is 11.8. The Hall–Kier alpha value is -2.77. The second-order valence-corrected chi connectivity index (χ2v) is 43.6. The summed E-state index contributed by atoms with van der Waals surface area (Å²) in [6.07, 6.45) is 54.9. The van der Waals surface area contributed by atoms with Crippen LogP contribution in [0.25, 0.3) is 0 Å². The molecule has 0 aliphatic carbocycles. The third-order valence-corrected chi connectivity index (χ3v) is 31.5. The van der Waals surface area contributed by atoms with Crippen molar-refractivity contribution < 1.29 is 91.2 Å². The second kappa shape index (κ2) is 93.4. The van der Waals surface area contributed by atoms with E-state index < -0.39 is 35.2 Å². The second-order valence-electron chi connectivity index (χ2n) is 32.7. The number of hydrogen-bond acceptors (Lipinski definition) is 20. The van der Waals surface area contributed by atoms with Gasteiger partial charge in [-0.05, 0) is 130 Å². The van der Waals surface area contributed by atoms with E-state index in [1.807, 2.05) is 0 Å². The van der Waals surface area contributed by atoms with Crippen molar-refractivity contribution in [1.82, 2.24) is 0 Å². The molecular weight excluding hydrogens is 1600 g/mol. The van der Waals surface area contributed by atoms with Crippen LogP contribution in [0.5, 0.6) is 0 Å². The Morgan fingerprint density at radius 1 is 0.165 bits per heavy atom. The zero-order chi connectivity index (χ0) is 90.7. The van der Waals surface area contributed by atoms with Gasteiger partial charge in [0.15, 0.2) is 0 Å². The monoisotopic (exact) mass is 1790 g/mol. The molecule has 718 valence electrons. The number of carbonyl (C=O) groups excluding carboxylic acids is 4. The minimum atomic E-state index is -2.83. The number of hydrogen-bond donors (Lipinski definition) is 0. The summed E-state index contributed by atoms with van der Waals surface area (Å²) in [4.78, 5) is 46.6. The smallest absolute Gasteiger partial charge is 0.462 e. The number of esters is 4. The first-order chi connectivity index (χ1) is 58.5. The Morgan fingerprint density at radius 3 is 0.430 bits per heavy atom. The summed E-state index contributed by atoms with van der Waals surface area (Å²) >= 11 is 0. The molecular formula is C97H194O20Si4. The van der Waals surface area contributed by atoms with E-state index >= 15 is 0 Å². The standard InChI is InChI=1S/C31H62O5Si.C25H50O5Si.C22H44O5Si.C19H38O5Si/c1-6-9-12-15-18-21-26-34-37(29-24-25-33-31(32)30(4)5,35-27-22-19-16-13-10-7-2)36-28-23-20-17-14-11-8-3;1-6-9-12-15-20-28-31(29-21-16-13-10-7-2,30-22-17-14-11-8-3)23-18-19-27-25(26)24(4)5;1-6-9-12-17-25-28(26-18-13-10-7-2,27-19-14-11-8-3)20-15-16-24-22(23)21(4)5;1-6-9-14-22-25(23-15-10-7-2,24-16-11-8-3)17-12-13-21-19(20)18(4)5/h4,6-29H2,1-3,5H3;4,6-23H2,1-3,5H3;4,6-20H2,1-3,5H3;4,6-17H2,1-3,5H3. The van der Waals surface area contributed by atoms with Crippen LogP contribution in [-0.4, -0.2) is 165 Å². The number of rotatable bonds is 89. The van der Waals surface area contributed by atoms with Crippen LogP contribution >= 0.6 is 0 Å². The largest absolute Gasteiger partial charge is 0.501 e. The Morgan fingerprint density at radius 2 is 0.281 bits per heavy atom. The molecule has 0 radical (unpaired) electrons. The van der Waals surface area contributed by atoms with Crippen molar-refractivity contribution in [3.8, 4) is 0 Å². The Balaban J connectivity index is -0.000000762. The third kappa shape index (κ3) is 81.5. The summed E-state index contributed by atoms with van der Waals surface area (Å²) in [5, 5.41) is 0. The molecule has 0 bridgehead atoms. The van der Waals surface area contributed by atoms with E-state index in [1.165, 1.54) is 154 Å². The molecule has 0 spiro atoms. The molecule has 0 rings (SSSR count). The molecule has 0 saturated heterocycles. The van der Waals surface area contributed by atoms with Gasteiger partial charge in [0.05, 0.1) is 26.4 Å². The quantitative estimate of drug-likeness (QED) is 0.0182. The summed E-state index contributed by atoms with van der Waals surface area (Å²) in [6.45, 7) is 57.0. The van der Waals surface area contributed by atoms with Crippen molar-refractivity contribution in [3.05, 3.63) is 48.6 Å². The van der Waals surface area contributed by atoms with Gasteiger partial charge < -0.3 is 72.1 Å². The lowest BCUT2D eigenvalue weighted by Gasteiger charge is -2.30. The fourth-order valence-electron chi connectivity index (χ4n) is 12.1. The summed E-state index contributed by atoms with van der Waals surface area (Å²) < 4.78 is 97.1. The van der Waals surface area contributed by atoms with E-state index in [2.05, 4.69) is 109 Å². The predicted molar refractivity (Wildman–Crippen MR) is 511 cm³/mol. The van der Waals surface area contributed by atoms with Crippen molar-refractivity contribution in [2.75, 3.05) is 106 Å². The summed E-state index contributed by atoms with van der Waals surface area (Å²) in [5.41, 5.74) is 1.70. The van der Waals surface area contributed by atoms with E-state index in [4.69, 9.17) is 72.1 Å². The number of unbranched alkanes of at least 4 members (excludes halogenated alkanes) is 33. The first-order valence-electron chi connectivity index (χ1n) is 49.5. The van der Waals surface area contributed by atoms with Crippen molar-refractivity contribution >= 4 is 59.1 Å². The number of ether oxygens (including phenoxy) is 4. The van der Waals surface area contributed by atoms with E-state index in [9.17, 15) is 19.2 Å². The van der Waals surface area contributed by atoms with E-state index in [1.54, 1.807) is 27.7 Å². The molecule has 0 N–H and O–H groups in total. The van der Waals surface area contributed by atoms with Crippen LogP contribution < -0.4 is 0 Å². The zero-order valence-electron chi connectivity index (χ0n) is 81.8. The molecule has 0 atom stereocenters. The normalized spacial score (nSPS) is 11.6. The van der Waals surface area contributed by atoms with Gasteiger partial charge >= 0.3 is 59.1 Å². The Kier molecular flexibility index (Phi) is 96.1. The van der Waals surface area contributed by atoms with Gasteiger partial charge in [-0.25, -0.2) is 19.2 Å². The molecule has 0 aromatic carbocycles. The van der Waals surface area contributed by atoms with Crippen LogP contribution in [0.3, 0.4) is 0 Å². The SMILES string of the molecule is C=C(C)C(=O)OCCC[Si](OCCCC)(OCCCC)OCCCC.C=C(C)C(=O)OCCC[Si](OCCCCC)(OCCCCC)OCCCCC.C=C(C)C(=O)OCCC[Si](OCCCCCC)(OCCCCCC)OCCCCCC.C=C(C)C(=O)OCCC[Si](OCCCCCCCC)(OCCCCCCCC)OCCCCCCCC. The maximum atomic E-state index is 11.8. The van der Waals surface area contributed by atoms with Gasteiger partial charge in [0.2, 0.25) is 0 Å². The molecule has 0 aliphatic heterocycles. The first-order valence-corrected chi connectivity index (χ1v) is 57.2. The van der Waals surface area contributed by atoms with E-state index in [0.29, 0.717) is 178 Å². The lowest BCUT2D eigenvalue weighted by atomic mass is 10.1. The lowest BCUT2D eigenvalue weighted by Crippen LogP contribution is -2.47. The van der Waals surface area contributed by atoms with Gasteiger partial charge in [-0.15, -0.1) is 0 Å². The fourth-order valence-corrected chi connectivity index (χ4v) is 22.6. The van der Waals surface area contributed by atoms with Gasteiger partial charge in [0.25, 0.3) is 0 Å². The topological polar surface area (TPSA) is 216 Å². The Bertz CT molecular complexity index is 2210. The molecule has 0 fully saturated rings. The molecule has 0 unspecified atom stereocenters. The fraction of sp³-hybridized carbons (Fsp3) is 0.876. The van der Waals surface area contributed by atoms with Crippen LogP contribution in [0.2, 0.25) is 24.2 Å². The van der Waals surface area contributed by atoms with Gasteiger partial charge in [-0.3, -0.25) is 0 Å². The van der Waals surface area contributed by atoms with E-state index in [-0.39, 0.29) is 23.9 Å². The molecule has 24 heteroatoms. The van der Waals surface area contributed by atoms with Crippen molar-refractivity contribution in [2.24, 2.45) is 0 Å². The highest BCUT2D eigenvalue weighted by atomic mass is 28.4. The van der Waals surface area contributed by atoms with Gasteiger partial charge in [-0.1, -0.05) is 321 Å². The average molecular weight is 1790 g/mol. The molecule has 0 aromatic heterocycles. The van der Waals surface area contributed by atoms with Crippen LogP contribution in [0.15, 0.2) is 48.6 Å².